The summed E-state index contributed by atoms with van der Waals surface area (Å²) in [6, 6.07) is 32.1. The molecule has 0 radical (unpaired) electrons. The second kappa shape index (κ2) is 22.3. The molecule has 3 atom stereocenters. The molecule has 118 heavy (non-hydrogen) atoms. The van der Waals surface area contributed by atoms with E-state index >= 15 is 0 Å². The summed E-state index contributed by atoms with van der Waals surface area (Å²) in [6.45, 7) is 31.0. The lowest BCUT2D eigenvalue weighted by molar-refractivity contribution is 0.348. The SMILES string of the molecule is COc1cc2c(cc1OC)[C@]1(CC2(C)C)CC(C)(C)c2cc3oc4c(C#N)c5oc6cc7c(cc6oc5c(C#N)c4oc3cc21)C(C)(C)C[C@]71CC(C)(C)c2cc3oc4c(C#N)c5oc6cc7c(cc6oc5c(-c5nnn[nH]5)c4oc3cc21)C(C)(C)C[C@]71CC(C)(C)c2cc3c(cc21)Oc1c(c(-c2nnn[nH]2)c(C)c(C)c1-c1nnn[nH]1)O3. The molecule has 6 aliphatic carbocycles. The van der Waals surface area contributed by atoms with Gasteiger partial charge in [0, 0.05) is 16.2 Å². The van der Waals surface area contributed by atoms with Crippen LogP contribution in [0.2, 0.25) is 0 Å². The number of H-pyrrole nitrogens is 3. The number of aromatic amines is 3. The molecule has 0 unspecified atom stereocenters. The van der Waals surface area contributed by atoms with E-state index in [1.807, 2.05) is 38.1 Å². The third-order valence-electron chi connectivity index (χ3n) is 27.7. The van der Waals surface area contributed by atoms with E-state index in [1.165, 1.54) is 11.1 Å². The van der Waals surface area contributed by atoms with Crippen LogP contribution in [0.25, 0.3) is 123 Å². The summed E-state index contributed by atoms with van der Waals surface area (Å²) in [5.41, 5.74) is 16.1. The van der Waals surface area contributed by atoms with Crippen molar-refractivity contribution in [3.05, 3.63) is 167 Å². The number of nitrogens with zero attached hydrogens (tertiary/aromatic N) is 12. The summed E-state index contributed by atoms with van der Waals surface area (Å²) in [6.07, 6.45) is 4.39. The van der Waals surface area contributed by atoms with Crippen molar-refractivity contribution in [1.29, 1.82) is 15.8 Å². The average molecular weight is 1570 g/mol. The minimum absolute atomic E-state index is 0.0141. The number of nitrogens with one attached hydrogen (secondary N) is 3. The van der Waals surface area contributed by atoms with Crippen molar-refractivity contribution in [2.24, 2.45) is 0 Å². The quantitative estimate of drug-likeness (QED) is 0.135. The normalized spacial score (nSPS) is 21.0. The molecule has 8 heterocycles. The predicted octanol–water partition coefficient (Wildman–Crippen LogP) is 20.5. The zero-order valence-electron chi connectivity index (χ0n) is 67.4. The van der Waals surface area contributed by atoms with Gasteiger partial charge >= 0.3 is 0 Å². The minimum Gasteiger partial charge on any atom is -0.493 e. The first-order chi connectivity index (χ1) is 56.4. The Balaban J connectivity index is 0.656. The van der Waals surface area contributed by atoms with Crippen LogP contribution in [0, 0.1) is 47.8 Å². The number of tetrazole rings is 3. The molecular weight excluding hydrogens is 1500 g/mol. The van der Waals surface area contributed by atoms with E-state index in [9.17, 15) is 15.8 Å². The lowest BCUT2D eigenvalue weighted by Crippen LogP contribution is -2.27. The number of rotatable bonds is 5. The van der Waals surface area contributed by atoms with Gasteiger partial charge in [-0.15, -0.1) is 15.3 Å². The molecule has 3 N–H and O–H groups in total. The monoisotopic (exact) mass is 1570 g/mol. The molecule has 27 heteroatoms. The van der Waals surface area contributed by atoms with Gasteiger partial charge in [0.15, 0.2) is 141 Å². The van der Waals surface area contributed by atoms with Gasteiger partial charge in [-0.3, -0.25) is 0 Å². The van der Waals surface area contributed by atoms with E-state index in [0.717, 1.165) is 86.0 Å². The Morgan fingerprint density at radius 3 is 0.822 bits per heavy atom. The number of benzene rings is 9. The van der Waals surface area contributed by atoms with Crippen LogP contribution in [0.4, 0.5) is 0 Å². The summed E-state index contributed by atoms with van der Waals surface area (Å²) in [5.74, 6) is 4.21. The molecule has 3 spiro atoms. The summed E-state index contributed by atoms with van der Waals surface area (Å²) in [7, 11) is 3.33. The maximum Gasteiger partial charge on any atom is 0.193 e. The molecule has 23 rings (SSSR count). The number of nitriles is 3. The largest absolute Gasteiger partial charge is 0.493 e. The molecule has 0 fully saturated rings. The minimum atomic E-state index is -0.659. The maximum atomic E-state index is 11.6. The number of ether oxygens (including phenoxy) is 4. The van der Waals surface area contributed by atoms with Crippen LogP contribution in [0.1, 0.15) is 216 Å². The van der Waals surface area contributed by atoms with Gasteiger partial charge < -0.3 is 54.3 Å². The Kier molecular flexibility index (Phi) is 13.2. The fourth-order valence-corrected chi connectivity index (χ4v) is 23.3. The third kappa shape index (κ3) is 8.80. The molecule has 0 saturated heterocycles. The number of fused-ring (bicyclic) bond motifs is 22. The summed E-state index contributed by atoms with van der Waals surface area (Å²) in [4.78, 5) is 0. The highest BCUT2D eigenvalue weighted by Gasteiger charge is 2.61. The first-order valence-corrected chi connectivity index (χ1v) is 39.4. The first-order valence-electron chi connectivity index (χ1n) is 39.4. The van der Waals surface area contributed by atoms with Crippen molar-refractivity contribution in [1.82, 2.24) is 61.9 Å². The Morgan fingerprint density at radius 1 is 0.314 bits per heavy atom. The zero-order valence-corrected chi connectivity index (χ0v) is 67.4. The zero-order chi connectivity index (χ0) is 81.3. The first kappa shape index (κ1) is 69.7. The highest BCUT2D eigenvalue weighted by atomic mass is 16.6. The van der Waals surface area contributed by atoms with Gasteiger partial charge in [-0.25, -0.2) is 15.3 Å². The smallest absolute Gasteiger partial charge is 0.193 e. The summed E-state index contributed by atoms with van der Waals surface area (Å²) in [5, 5.41) is 79.9. The molecule has 0 saturated carbocycles. The molecule has 27 nitrogen and oxygen atoms in total. The average Bonchev–Trinajstić information content (AvgIpc) is 1.52. The molecule has 586 valence electrons. The van der Waals surface area contributed by atoms with E-state index in [1.54, 1.807) is 14.2 Å². The van der Waals surface area contributed by atoms with E-state index < -0.39 is 32.5 Å². The number of methoxy groups -OCH3 is 2. The molecule has 1 aliphatic heterocycles. The van der Waals surface area contributed by atoms with Gasteiger partial charge in [-0.2, -0.15) is 15.8 Å². The van der Waals surface area contributed by atoms with Crippen molar-refractivity contribution in [3.63, 3.8) is 0 Å². The molecule has 16 aromatic rings. The maximum absolute atomic E-state index is 11.6. The Morgan fingerprint density at radius 2 is 0.542 bits per heavy atom. The number of hydrogen-bond acceptors (Lipinski definition) is 24. The molecule has 0 amide bonds. The Hall–Kier alpha value is -13.7. The van der Waals surface area contributed by atoms with Crippen molar-refractivity contribution in [2.45, 2.75) is 184 Å². The van der Waals surface area contributed by atoms with Gasteiger partial charge in [0.2, 0.25) is 0 Å². The lowest BCUT2D eigenvalue weighted by atomic mass is 9.72. The Bertz CT molecular complexity index is 7580. The van der Waals surface area contributed by atoms with Crippen LogP contribution < -0.4 is 18.9 Å². The van der Waals surface area contributed by atoms with Crippen LogP contribution in [-0.4, -0.2) is 76.1 Å². The number of hydrogen-bond donors (Lipinski definition) is 3. The second-order valence-electron chi connectivity index (χ2n) is 37.5. The molecule has 7 aromatic heterocycles. The van der Waals surface area contributed by atoms with Gasteiger partial charge in [0.05, 0.1) is 25.3 Å². The molecule has 0 bridgehead atoms. The van der Waals surface area contributed by atoms with Crippen LogP contribution >= 0.6 is 0 Å². The van der Waals surface area contributed by atoms with Gasteiger partial charge in [-0.05, 0) is 267 Å². The lowest BCUT2D eigenvalue weighted by Gasteiger charge is -2.31. The highest BCUT2D eigenvalue weighted by Crippen LogP contribution is 2.70. The highest BCUT2D eigenvalue weighted by molar-refractivity contribution is 6.09. The topological polar surface area (TPSA) is 377 Å². The van der Waals surface area contributed by atoms with E-state index in [0.29, 0.717) is 121 Å². The standard InChI is InChI=1S/C91H75N15O12/c1-38-39(2)68(81-97-103-104-98-81)77-76(67(38)80-95-101-102-96-80)115-61-22-48-54(28-66(61)116-77)91(37-88(48,13)14)36-87(11,12)47-21-60-64(26-52(47)91)114-75-42(31-94)74-79(69(78(75)117-60)82-99-105-106-100-82)118-65-27-53-46(20-59(65)113-74)86(9,10)35-90(53)34-85(7,8)45-19-58-63(25-51(45)90)112-73-41(30-93)70-72(40(29-92)71(73)110-58)111-62-24-50-44(18-57(62)109-70)84(5,6)33-89(50)32-83(3,4)43-17-55(107-15)56(108-16)23-49(43)89/h17-28H,32-37H2,1-16H3,(H,95,96,101,102)(H,97,98,103,104)(H,99,100,105,106)/t89-,90-,91-/m0/s1. The summed E-state index contributed by atoms with van der Waals surface area (Å²) >= 11 is 0. The number of aromatic nitrogens is 12. The molecule has 9 aromatic carbocycles. The fourth-order valence-electron chi connectivity index (χ4n) is 23.3. The van der Waals surface area contributed by atoms with Crippen molar-refractivity contribution < 1.29 is 54.3 Å². The van der Waals surface area contributed by atoms with E-state index in [-0.39, 0.29) is 89.0 Å². The van der Waals surface area contributed by atoms with Crippen LogP contribution in [0.3, 0.4) is 0 Å². The van der Waals surface area contributed by atoms with Crippen LogP contribution in [0.5, 0.6) is 34.5 Å². The van der Waals surface area contributed by atoms with Crippen LogP contribution in [0.15, 0.2) is 108 Å². The third-order valence-corrected chi connectivity index (χ3v) is 27.7. The van der Waals surface area contributed by atoms with E-state index in [4.69, 9.17) is 54.3 Å². The van der Waals surface area contributed by atoms with Crippen molar-refractivity contribution >= 4 is 89.3 Å². The van der Waals surface area contributed by atoms with Gasteiger partial charge in [0.1, 0.15) is 40.5 Å². The van der Waals surface area contributed by atoms with Crippen molar-refractivity contribution in [2.75, 3.05) is 14.2 Å². The predicted molar refractivity (Wildman–Crippen MR) is 430 cm³/mol. The second-order valence-corrected chi connectivity index (χ2v) is 37.5. The Labute approximate surface area is 670 Å². The van der Waals surface area contributed by atoms with Crippen LogP contribution in [-0.2, 0) is 48.7 Å². The molecular formula is C91H75N15O12. The summed E-state index contributed by atoms with van der Waals surface area (Å²) < 4.78 is 82.3. The fraction of sp³-hybridized carbons (Fsp3) is 0.341. The van der Waals surface area contributed by atoms with Crippen molar-refractivity contribution in [3.8, 4) is 86.9 Å². The molecule has 7 aliphatic rings. The van der Waals surface area contributed by atoms with Gasteiger partial charge in [-0.1, -0.05) is 83.1 Å². The van der Waals surface area contributed by atoms with E-state index in [2.05, 4.69) is 212 Å². The van der Waals surface area contributed by atoms with Gasteiger partial charge in [0.25, 0.3) is 0 Å².